The van der Waals surface area contributed by atoms with Crippen LogP contribution >= 0.6 is 31.9 Å². The predicted molar refractivity (Wildman–Crippen MR) is 261 cm³/mol. The van der Waals surface area contributed by atoms with Gasteiger partial charge in [-0.1, -0.05) is 51.4 Å². The molecule has 0 unspecified atom stereocenters. The molecule has 19 heteroatoms. The van der Waals surface area contributed by atoms with Crippen LogP contribution in [0.4, 0.5) is 21.8 Å². The Morgan fingerprint density at radius 1 is 0.694 bits per heavy atom. The van der Waals surface area contributed by atoms with Gasteiger partial charge in [0, 0.05) is 75.9 Å². The molecule has 0 saturated carbocycles. The molecule has 0 aliphatic carbocycles. The fourth-order valence-corrected chi connectivity index (χ4v) is 9.67. The molecule has 0 amide bonds. The molecule has 0 radical (unpaired) electrons. The second kappa shape index (κ2) is 21.2. The Morgan fingerprint density at radius 3 is 1.63 bits per heavy atom. The first kappa shape index (κ1) is 47.6. The van der Waals surface area contributed by atoms with Gasteiger partial charge in [-0.3, -0.25) is 4.90 Å². The number of nitrogens with one attached hydrogen (secondary N) is 2. The molecule has 1 fully saturated rings. The van der Waals surface area contributed by atoms with Crippen LogP contribution in [-0.2, 0) is 36.0 Å². The Morgan fingerprint density at radius 2 is 1.16 bits per heavy atom. The maximum Gasteiger partial charge on any atom is 0.213 e. The fourth-order valence-electron chi connectivity index (χ4n) is 6.93. The standard InChI is InChI=1S/C25H38BrN7OSi.C18H23BrFN5OSi/c1-18-13-32(14-19(2)31(18)3)22-9-7-8-20(30-22)12-27-24-23-21(26)15-33(25(23)29-16-28-24)17-34-10-11-35(4,5)6;1-27(2,3)8-7-26-12-25-10-14(19)16-17(22-11-23-18(16)25)21-9-13-5-4-6-15(20)24-13/h7-9,15-16,18-19H,10-14,17H2,1-6H3,(H,27,28,29);4-6,10-11H,7-9,12H2,1-3H3,(H,21,22,23)/t18-,19+;. The molecule has 6 aromatic rings. The number of fused-ring (bicyclic) bond motifs is 2. The highest BCUT2D eigenvalue weighted by Gasteiger charge is 2.27. The van der Waals surface area contributed by atoms with Crippen LogP contribution < -0.4 is 15.5 Å². The summed E-state index contributed by atoms with van der Waals surface area (Å²) in [5.74, 6) is 1.99. The van der Waals surface area contributed by atoms with E-state index in [0.717, 1.165) is 86.7 Å². The van der Waals surface area contributed by atoms with Crippen LogP contribution in [0.2, 0.25) is 51.4 Å². The average molecular weight is 1010 g/mol. The van der Waals surface area contributed by atoms with Gasteiger partial charge in [-0.25, -0.2) is 29.9 Å². The highest BCUT2D eigenvalue weighted by Crippen LogP contribution is 2.32. The zero-order valence-corrected chi connectivity index (χ0v) is 42.6. The smallest absolute Gasteiger partial charge is 0.213 e. The third kappa shape index (κ3) is 13.1. The van der Waals surface area contributed by atoms with E-state index in [1.807, 2.05) is 21.5 Å². The summed E-state index contributed by atoms with van der Waals surface area (Å²) in [6.45, 7) is 24.0. The predicted octanol–water partition coefficient (Wildman–Crippen LogP) is 9.69. The lowest BCUT2D eigenvalue weighted by molar-refractivity contribution is 0.0897. The van der Waals surface area contributed by atoms with E-state index in [-0.39, 0.29) is 0 Å². The SMILES string of the molecule is C[C@@H]1CN(c2cccc(CNc3ncnc4c3c(Br)cn4COCC[Si](C)(C)C)n2)C[C@H](C)N1C.C[Si](C)(C)CCOCn1cc(Br)c2c(NCc3cccc(F)n3)ncnc21. The van der Waals surface area contributed by atoms with Crippen molar-refractivity contribution in [3.63, 3.8) is 0 Å². The number of halogens is 3. The minimum absolute atomic E-state index is 0.369. The molecule has 2 atom stereocenters. The number of hydrogen-bond acceptors (Lipinski definition) is 12. The highest BCUT2D eigenvalue weighted by atomic mass is 79.9. The van der Waals surface area contributed by atoms with E-state index >= 15 is 0 Å². The number of piperazine rings is 1. The van der Waals surface area contributed by atoms with Crippen molar-refractivity contribution in [2.24, 2.45) is 0 Å². The zero-order chi connectivity index (χ0) is 44.6. The van der Waals surface area contributed by atoms with Crippen molar-refractivity contribution in [1.82, 2.24) is 43.9 Å². The molecule has 0 aromatic carbocycles. The number of rotatable bonds is 17. The number of nitrogens with zero attached hydrogens (tertiary/aromatic N) is 10. The molecule has 1 aliphatic heterocycles. The molecular weight excluding hydrogens is 952 g/mol. The molecule has 0 spiro atoms. The number of ether oxygens (including phenoxy) is 2. The van der Waals surface area contributed by atoms with Gasteiger partial charge in [0.15, 0.2) is 0 Å². The fraction of sp³-hybridized carbons (Fsp3) is 0.488. The van der Waals surface area contributed by atoms with Crippen molar-refractivity contribution in [2.75, 3.05) is 48.9 Å². The monoisotopic (exact) mass is 1010 g/mol. The lowest BCUT2D eigenvalue weighted by Crippen LogP contribution is -2.55. The molecule has 7 heterocycles. The number of anilines is 3. The van der Waals surface area contributed by atoms with E-state index in [9.17, 15) is 4.39 Å². The van der Waals surface area contributed by atoms with E-state index < -0.39 is 22.1 Å². The summed E-state index contributed by atoms with van der Waals surface area (Å²) < 4.78 is 30.9. The van der Waals surface area contributed by atoms with Crippen molar-refractivity contribution in [1.29, 1.82) is 0 Å². The van der Waals surface area contributed by atoms with Crippen molar-refractivity contribution in [2.45, 2.75) is 104 Å². The molecule has 334 valence electrons. The lowest BCUT2D eigenvalue weighted by atomic mass is 10.1. The minimum atomic E-state index is -1.11. The van der Waals surface area contributed by atoms with Gasteiger partial charge in [-0.2, -0.15) is 4.39 Å². The van der Waals surface area contributed by atoms with Gasteiger partial charge in [0.05, 0.1) is 35.2 Å². The van der Waals surface area contributed by atoms with E-state index in [0.29, 0.717) is 50.1 Å². The maximum atomic E-state index is 13.2. The number of pyridine rings is 2. The van der Waals surface area contributed by atoms with Gasteiger partial charge >= 0.3 is 0 Å². The minimum Gasteiger partial charge on any atom is -0.364 e. The lowest BCUT2D eigenvalue weighted by Gasteiger charge is -2.43. The Bertz CT molecular complexity index is 2390. The normalized spacial score (nSPS) is 16.2. The van der Waals surface area contributed by atoms with Crippen LogP contribution in [0.15, 0.2) is 70.4 Å². The Kier molecular flexibility index (Phi) is 16.3. The molecule has 7 rings (SSSR count). The molecule has 0 bridgehead atoms. The summed E-state index contributed by atoms with van der Waals surface area (Å²) >= 11 is 7.28. The first-order valence-electron chi connectivity index (χ1n) is 21.1. The van der Waals surface area contributed by atoms with Crippen molar-refractivity contribution in [3.8, 4) is 0 Å². The molecule has 2 N–H and O–H groups in total. The quantitative estimate of drug-likeness (QED) is 0.0512. The van der Waals surface area contributed by atoms with E-state index in [2.05, 4.69) is 156 Å². The zero-order valence-electron chi connectivity index (χ0n) is 37.4. The van der Waals surface area contributed by atoms with Gasteiger partial charge in [0.1, 0.15) is 54.9 Å². The highest BCUT2D eigenvalue weighted by molar-refractivity contribution is 9.11. The number of hydrogen-bond donors (Lipinski definition) is 2. The topological polar surface area (TPSA) is 136 Å². The van der Waals surface area contributed by atoms with Gasteiger partial charge in [-0.05, 0) is 89.1 Å². The molecule has 1 saturated heterocycles. The van der Waals surface area contributed by atoms with Gasteiger partial charge in [0.2, 0.25) is 5.95 Å². The largest absolute Gasteiger partial charge is 0.364 e. The number of aromatic nitrogens is 8. The molecule has 14 nitrogen and oxygen atoms in total. The number of likely N-dealkylation sites (N-methyl/N-ethyl adjacent to an activating group) is 1. The van der Waals surface area contributed by atoms with Gasteiger partial charge < -0.3 is 34.1 Å². The third-order valence-electron chi connectivity index (χ3n) is 10.8. The molecular formula is C43H61Br2FN12O2Si2. The van der Waals surface area contributed by atoms with Crippen LogP contribution in [0.5, 0.6) is 0 Å². The van der Waals surface area contributed by atoms with Crippen LogP contribution in [-0.4, -0.2) is 106 Å². The first-order valence-corrected chi connectivity index (χ1v) is 30.1. The Balaban J connectivity index is 0.000000214. The van der Waals surface area contributed by atoms with Crippen LogP contribution in [0.25, 0.3) is 22.1 Å². The summed E-state index contributed by atoms with van der Waals surface area (Å²) in [7, 11) is -0.0207. The summed E-state index contributed by atoms with van der Waals surface area (Å²) in [5.41, 5.74) is 3.22. The maximum absolute atomic E-state index is 13.2. The average Bonchev–Trinajstić information content (AvgIpc) is 3.73. The van der Waals surface area contributed by atoms with Crippen molar-refractivity contribution < 1.29 is 13.9 Å². The second-order valence-electron chi connectivity index (χ2n) is 18.3. The van der Waals surface area contributed by atoms with Gasteiger partial charge in [0.25, 0.3) is 0 Å². The second-order valence-corrected chi connectivity index (χ2v) is 31.3. The molecule has 6 aromatic heterocycles. The van der Waals surface area contributed by atoms with Crippen LogP contribution in [0.1, 0.15) is 25.2 Å². The van der Waals surface area contributed by atoms with Crippen molar-refractivity contribution >= 4 is 87.5 Å². The molecule has 62 heavy (non-hydrogen) atoms. The summed E-state index contributed by atoms with van der Waals surface area (Å²) in [5, 5.41) is 8.52. The van der Waals surface area contributed by atoms with E-state index in [1.54, 1.807) is 18.5 Å². The Labute approximate surface area is 383 Å². The van der Waals surface area contributed by atoms with E-state index in [1.165, 1.54) is 12.4 Å². The first-order chi connectivity index (χ1) is 29.5. The van der Waals surface area contributed by atoms with Gasteiger partial charge in [-0.15, -0.1) is 0 Å². The summed E-state index contributed by atoms with van der Waals surface area (Å²) in [6.07, 6.45) is 7.08. The summed E-state index contributed by atoms with van der Waals surface area (Å²) in [4.78, 5) is 31.4. The summed E-state index contributed by atoms with van der Waals surface area (Å²) in [6, 6.07) is 14.2. The van der Waals surface area contributed by atoms with Crippen LogP contribution in [0.3, 0.4) is 0 Å². The molecule has 1 aliphatic rings. The van der Waals surface area contributed by atoms with E-state index in [4.69, 9.17) is 14.5 Å². The Hall–Kier alpha value is -3.86. The van der Waals surface area contributed by atoms with Crippen LogP contribution in [0, 0.1) is 5.95 Å². The third-order valence-corrected chi connectivity index (χ3v) is 15.4. The van der Waals surface area contributed by atoms with Crippen molar-refractivity contribution in [3.05, 3.63) is 87.7 Å².